The largest absolute Gasteiger partial charge is 0.490 e. The number of nitrogens with one attached hydrogen (secondary N) is 2. The lowest BCUT2D eigenvalue weighted by Crippen LogP contribution is -2.29. The van der Waals surface area contributed by atoms with Crippen molar-refractivity contribution in [3.05, 3.63) is 58.9 Å². The predicted octanol–water partition coefficient (Wildman–Crippen LogP) is 5.75. The minimum Gasteiger partial charge on any atom is -0.486 e. The van der Waals surface area contributed by atoms with Gasteiger partial charge in [0.05, 0.1) is 11.0 Å². The molecule has 1 aromatic heterocycles. The van der Waals surface area contributed by atoms with Crippen LogP contribution in [0.4, 0.5) is 13.2 Å². The highest BCUT2D eigenvalue weighted by Crippen LogP contribution is 2.23. The molecule has 10 heteroatoms. The number of imidazole rings is 1. The number of nitrogens with zero attached hydrogens (tertiary/aromatic N) is 1. The standard InChI is InChI=1S/C22H26ClN3O.C2HF3O2/c23-18-9-11-19(12-10-18)27-15-21-25-20-8-2-7-17(22(20)26-21)6-1-4-16-5-3-13-24-14-16;3-2(4,5)1(6)7/h2,7-12,16,24H,1,3-6,13-15H2,(H,25,26);(H,6,7). The molecular formula is C24H27ClF3N3O3. The molecule has 184 valence electrons. The Morgan fingerprint density at radius 3 is 2.59 bits per heavy atom. The van der Waals surface area contributed by atoms with Gasteiger partial charge in [-0.05, 0) is 87.0 Å². The van der Waals surface area contributed by atoms with Gasteiger partial charge in [-0.1, -0.05) is 23.7 Å². The summed E-state index contributed by atoms with van der Waals surface area (Å²) in [6, 6.07) is 13.8. The Hall–Kier alpha value is -2.78. The number of hydrogen-bond donors (Lipinski definition) is 3. The highest BCUT2D eigenvalue weighted by atomic mass is 35.5. The fourth-order valence-electron chi connectivity index (χ4n) is 3.85. The molecular weight excluding hydrogens is 471 g/mol. The third-order valence-corrected chi connectivity index (χ3v) is 5.79. The molecule has 3 N–H and O–H groups in total. The zero-order valence-electron chi connectivity index (χ0n) is 18.5. The van der Waals surface area contributed by atoms with Crippen LogP contribution in [-0.4, -0.2) is 40.3 Å². The monoisotopic (exact) mass is 497 g/mol. The van der Waals surface area contributed by atoms with Crippen molar-refractivity contribution >= 4 is 28.6 Å². The molecule has 4 rings (SSSR count). The summed E-state index contributed by atoms with van der Waals surface area (Å²) in [6.07, 6.45) is 1.19. The van der Waals surface area contributed by atoms with Crippen molar-refractivity contribution in [2.24, 2.45) is 5.92 Å². The van der Waals surface area contributed by atoms with Gasteiger partial charge >= 0.3 is 12.1 Å². The number of hydrogen-bond acceptors (Lipinski definition) is 4. The summed E-state index contributed by atoms with van der Waals surface area (Å²) in [5, 5.41) is 11.3. The average molecular weight is 498 g/mol. The molecule has 0 saturated carbocycles. The molecule has 0 radical (unpaired) electrons. The van der Waals surface area contributed by atoms with E-state index in [1.54, 1.807) is 0 Å². The lowest BCUT2D eigenvalue weighted by molar-refractivity contribution is -0.192. The van der Waals surface area contributed by atoms with Crippen molar-refractivity contribution in [2.75, 3.05) is 13.1 Å². The normalized spacial score (nSPS) is 16.1. The zero-order valence-corrected chi connectivity index (χ0v) is 19.3. The maximum Gasteiger partial charge on any atom is 0.490 e. The number of aliphatic carboxylic acids is 1. The van der Waals surface area contributed by atoms with E-state index in [1.165, 1.54) is 44.3 Å². The van der Waals surface area contributed by atoms with Gasteiger partial charge in [0, 0.05) is 5.02 Å². The Balaban J connectivity index is 0.000000406. The summed E-state index contributed by atoms with van der Waals surface area (Å²) < 4.78 is 37.6. The lowest BCUT2D eigenvalue weighted by Gasteiger charge is -2.22. The summed E-state index contributed by atoms with van der Waals surface area (Å²) in [7, 11) is 0. The first-order valence-corrected chi connectivity index (χ1v) is 11.5. The molecule has 0 amide bonds. The van der Waals surface area contributed by atoms with E-state index < -0.39 is 12.1 Å². The van der Waals surface area contributed by atoms with Crippen molar-refractivity contribution in [1.29, 1.82) is 0 Å². The van der Waals surface area contributed by atoms with Gasteiger partial charge in [0.15, 0.2) is 0 Å². The van der Waals surface area contributed by atoms with E-state index in [0.717, 1.165) is 34.9 Å². The average Bonchev–Trinajstić information content (AvgIpc) is 3.23. The molecule has 0 bridgehead atoms. The number of halogens is 4. The topological polar surface area (TPSA) is 87.2 Å². The van der Waals surface area contributed by atoms with Gasteiger partial charge < -0.3 is 20.1 Å². The predicted molar refractivity (Wildman–Crippen MR) is 124 cm³/mol. The third-order valence-electron chi connectivity index (χ3n) is 5.53. The van der Waals surface area contributed by atoms with Crippen molar-refractivity contribution in [3.63, 3.8) is 0 Å². The van der Waals surface area contributed by atoms with Crippen LogP contribution in [0.25, 0.3) is 11.0 Å². The molecule has 0 spiro atoms. The molecule has 1 unspecified atom stereocenters. The van der Waals surface area contributed by atoms with Gasteiger partial charge in [0.25, 0.3) is 0 Å². The van der Waals surface area contributed by atoms with Gasteiger partial charge in [0.2, 0.25) is 0 Å². The Kier molecular flexibility index (Phi) is 9.18. The number of carbonyl (C=O) groups is 1. The summed E-state index contributed by atoms with van der Waals surface area (Å²) in [4.78, 5) is 17.1. The number of aromatic amines is 1. The van der Waals surface area contributed by atoms with Crippen LogP contribution in [0.5, 0.6) is 5.75 Å². The Bertz CT molecular complexity index is 1060. The first-order chi connectivity index (χ1) is 16.2. The summed E-state index contributed by atoms with van der Waals surface area (Å²) in [6.45, 7) is 2.78. The van der Waals surface area contributed by atoms with Gasteiger partial charge in [-0.2, -0.15) is 13.2 Å². The van der Waals surface area contributed by atoms with Crippen LogP contribution in [-0.2, 0) is 17.8 Å². The van der Waals surface area contributed by atoms with Crippen LogP contribution in [0.15, 0.2) is 42.5 Å². The molecule has 1 atom stereocenters. The summed E-state index contributed by atoms with van der Waals surface area (Å²) >= 11 is 5.91. The molecule has 1 aliphatic rings. The molecule has 2 aromatic carbocycles. The van der Waals surface area contributed by atoms with E-state index >= 15 is 0 Å². The molecule has 34 heavy (non-hydrogen) atoms. The maximum atomic E-state index is 10.6. The van der Waals surface area contributed by atoms with Crippen molar-refractivity contribution in [2.45, 2.75) is 44.9 Å². The molecule has 3 aromatic rings. The minimum atomic E-state index is -5.08. The lowest BCUT2D eigenvalue weighted by atomic mass is 9.93. The van der Waals surface area contributed by atoms with Gasteiger partial charge in [-0.15, -0.1) is 0 Å². The Morgan fingerprint density at radius 1 is 1.21 bits per heavy atom. The van der Waals surface area contributed by atoms with E-state index in [1.807, 2.05) is 24.3 Å². The van der Waals surface area contributed by atoms with E-state index in [-0.39, 0.29) is 0 Å². The van der Waals surface area contributed by atoms with Crippen LogP contribution < -0.4 is 10.1 Å². The second kappa shape index (κ2) is 12.1. The van der Waals surface area contributed by atoms with Gasteiger partial charge in [-0.25, -0.2) is 9.78 Å². The molecule has 1 fully saturated rings. The van der Waals surface area contributed by atoms with Crippen molar-refractivity contribution in [1.82, 2.24) is 15.3 Å². The SMILES string of the molecule is Clc1ccc(OCc2nc3c(CCCC4CCCNC4)cccc3[nH]2)cc1.O=C(O)C(F)(F)F. The quantitative estimate of drug-likeness (QED) is 0.387. The molecule has 1 saturated heterocycles. The number of carboxylic acids is 1. The second-order valence-corrected chi connectivity index (χ2v) is 8.58. The minimum absolute atomic E-state index is 0.420. The molecule has 2 heterocycles. The van der Waals surface area contributed by atoms with Crippen molar-refractivity contribution in [3.8, 4) is 5.75 Å². The highest BCUT2D eigenvalue weighted by Gasteiger charge is 2.38. The van der Waals surface area contributed by atoms with Crippen LogP contribution in [0, 0.1) is 5.92 Å². The fraction of sp³-hybridized carbons (Fsp3) is 0.417. The van der Waals surface area contributed by atoms with E-state index in [4.69, 9.17) is 31.2 Å². The number of alkyl halides is 3. The third kappa shape index (κ3) is 7.92. The molecule has 1 aliphatic heterocycles. The fourth-order valence-corrected chi connectivity index (χ4v) is 3.97. The van der Waals surface area contributed by atoms with E-state index in [9.17, 15) is 13.2 Å². The van der Waals surface area contributed by atoms with Gasteiger partial charge in [0.1, 0.15) is 18.2 Å². The summed E-state index contributed by atoms with van der Waals surface area (Å²) in [5.74, 6) is -0.280. The number of carboxylic acid groups (broad SMARTS) is 1. The number of H-pyrrole nitrogens is 1. The van der Waals surface area contributed by atoms with Crippen LogP contribution >= 0.6 is 11.6 Å². The second-order valence-electron chi connectivity index (χ2n) is 8.15. The van der Waals surface area contributed by atoms with Crippen LogP contribution in [0.3, 0.4) is 0 Å². The number of para-hydroxylation sites is 1. The number of aryl methyl sites for hydroxylation is 1. The van der Waals surface area contributed by atoms with Gasteiger partial charge in [-0.3, -0.25) is 0 Å². The number of aromatic nitrogens is 2. The number of piperidine rings is 1. The first-order valence-electron chi connectivity index (χ1n) is 11.1. The highest BCUT2D eigenvalue weighted by molar-refractivity contribution is 6.30. The zero-order chi connectivity index (χ0) is 24.6. The molecule has 6 nitrogen and oxygen atoms in total. The first kappa shape index (κ1) is 25.8. The Morgan fingerprint density at radius 2 is 1.94 bits per heavy atom. The smallest absolute Gasteiger partial charge is 0.486 e. The van der Waals surface area contributed by atoms with E-state index in [0.29, 0.717) is 11.6 Å². The number of rotatable bonds is 7. The number of ether oxygens (including phenoxy) is 1. The molecule has 0 aliphatic carbocycles. The Labute approximate surface area is 200 Å². The van der Waals surface area contributed by atoms with E-state index in [2.05, 4.69) is 28.5 Å². The number of fused-ring (bicyclic) bond motifs is 1. The number of benzene rings is 2. The van der Waals surface area contributed by atoms with Crippen LogP contribution in [0.1, 0.15) is 37.1 Å². The maximum absolute atomic E-state index is 10.6. The van der Waals surface area contributed by atoms with Crippen LogP contribution in [0.2, 0.25) is 5.02 Å². The summed E-state index contributed by atoms with van der Waals surface area (Å²) in [5.41, 5.74) is 3.49. The van der Waals surface area contributed by atoms with Crippen molar-refractivity contribution < 1.29 is 27.8 Å².